The summed E-state index contributed by atoms with van der Waals surface area (Å²) in [7, 11) is -3.78. The summed E-state index contributed by atoms with van der Waals surface area (Å²) in [4.78, 5) is 23.6. The van der Waals surface area contributed by atoms with Gasteiger partial charge in [-0.05, 0) is 32.0 Å². The number of hydrogen-bond donors (Lipinski definition) is 3. The molecular weight excluding hydrogens is 318 g/mol. The Bertz CT molecular complexity index is 722. The molecule has 0 aliphatic rings. The Morgan fingerprint density at radius 1 is 1.35 bits per heavy atom. The monoisotopic (exact) mass is 337 g/mol. The van der Waals surface area contributed by atoms with Gasteiger partial charge in [0, 0.05) is 12.1 Å². The average molecular weight is 337 g/mol. The third kappa shape index (κ3) is 5.39. The van der Waals surface area contributed by atoms with Crippen molar-refractivity contribution in [1.29, 1.82) is 0 Å². The third-order valence-electron chi connectivity index (χ3n) is 2.86. The molecule has 23 heavy (non-hydrogen) atoms. The molecule has 0 saturated carbocycles. The second-order valence-electron chi connectivity index (χ2n) is 4.65. The Morgan fingerprint density at radius 2 is 2.04 bits per heavy atom. The van der Waals surface area contributed by atoms with E-state index in [9.17, 15) is 18.0 Å². The molecule has 0 unspecified atom stereocenters. The van der Waals surface area contributed by atoms with Crippen molar-refractivity contribution in [3.63, 3.8) is 0 Å². The quantitative estimate of drug-likeness (QED) is 0.602. The van der Waals surface area contributed by atoms with E-state index in [0.29, 0.717) is 6.54 Å². The SMILES string of the molecule is C#CCNS(=O)(=O)c1cccc(C(=O)N[C@@H](C)C(=O)NCC)c1. The first-order valence-corrected chi connectivity index (χ1v) is 8.42. The second kappa shape index (κ2) is 8.31. The van der Waals surface area contributed by atoms with Gasteiger partial charge in [-0.2, -0.15) is 4.72 Å². The first-order valence-electron chi connectivity index (χ1n) is 6.93. The molecule has 124 valence electrons. The molecule has 1 aromatic carbocycles. The van der Waals surface area contributed by atoms with Gasteiger partial charge >= 0.3 is 0 Å². The third-order valence-corrected chi connectivity index (χ3v) is 4.26. The molecule has 0 fully saturated rings. The van der Waals surface area contributed by atoms with Gasteiger partial charge in [-0.3, -0.25) is 9.59 Å². The molecule has 0 aliphatic heterocycles. The van der Waals surface area contributed by atoms with Crippen LogP contribution in [0.15, 0.2) is 29.2 Å². The molecule has 2 amide bonds. The zero-order chi connectivity index (χ0) is 17.5. The van der Waals surface area contributed by atoms with Crippen LogP contribution in [0, 0.1) is 12.3 Å². The lowest BCUT2D eigenvalue weighted by molar-refractivity contribution is -0.122. The predicted molar refractivity (Wildman–Crippen MR) is 86.1 cm³/mol. The summed E-state index contributed by atoms with van der Waals surface area (Å²) in [6.07, 6.45) is 5.02. The molecule has 8 heteroatoms. The van der Waals surface area contributed by atoms with Crippen molar-refractivity contribution in [1.82, 2.24) is 15.4 Å². The zero-order valence-corrected chi connectivity index (χ0v) is 13.7. The molecule has 0 saturated heterocycles. The van der Waals surface area contributed by atoms with Crippen LogP contribution < -0.4 is 15.4 Å². The van der Waals surface area contributed by atoms with Crippen molar-refractivity contribution in [2.75, 3.05) is 13.1 Å². The summed E-state index contributed by atoms with van der Waals surface area (Å²) in [6.45, 7) is 3.61. The van der Waals surface area contributed by atoms with Crippen molar-refractivity contribution in [3.8, 4) is 12.3 Å². The number of likely N-dealkylation sites (N-methyl/N-ethyl adjacent to an activating group) is 1. The van der Waals surface area contributed by atoms with Gasteiger partial charge in [0.2, 0.25) is 15.9 Å². The number of hydrogen-bond acceptors (Lipinski definition) is 4. The second-order valence-corrected chi connectivity index (χ2v) is 6.41. The fourth-order valence-corrected chi connectivity index (χ4v) is 2.68. The first kappa shape index (κ1) is 18.7. The van der Waals surface area contributed by atoms with E-state index < -0.39 is 22.0 Å². The lowest BCUT2D eigenvalue weighted by Crippen LogP contribution is -2.44. The topological polar surface area (TPSA) is 104 Å². The van der Waals surface area contributed by atoms with Crippen molar-refractivity contribution < 1.29 is 18.0 Å². The highest BCUT2D eigenvalue weighted by Gasteiger charge is 2.18. The van der Waals surface area contributed by atoms with Crippen LogP contribution in [0.1, 0.15) is 24.2 Å². The van der Waals surface area contributed by atoms with Gasteiger partial charge < -0.3 is 10.6 Å². The number of amides is 2. The smallest absolute Gasteiger partial charge is 0.251 e. The minimum atomic E-state index is -3.78. The number of sulfonamides is 1. The van der Waals surface area contributed by atoms with Crippen LogP contribution in [0.2, 0.25) is 0 Å². The van der Waals surface area contributed by atoms with Gasteiger partial charge in [0.05, 0.1) is 11.4 Å². The maximum absolute atomic E-state index is 12.1. The fourth-order valence-electron chi connectivity index (χ4n) is 1.70. The number of benzene rings is 1. The van der Waals surface area contributed by atoms with Gasteiger partial charge in [0.25, 0.3) is 5.91 Å². The molecular formula is C15H19N3O4S. The summed E-state index contributed by atoms with van der Waals surface area (Å²) < 4.78 is 26.2. The van der Waals surface area contributed by atoms with Crippen LogP contribution in [-0.4, -0.2) is 39.4 Å². The van der Waals surface area contributed by atoms with Gasteiger partial charge in [-0.1, -0.05) is 12.0 Å². The molecule has 1 aromatic rings. The van der Waals surface area contributed by atoms with Crippen LogP contribution in [-0.2, 0) is 14.8 Å². The molecule has 0 heterocycles. The predicted octanol–water partition coefficient (Wildman–Crippen LogP) is -0.147. The number of carbonyl (C=O) groups excluding carboxylic acids is 2. The largest absolute Gasteiger partial charge is 0.355 e. The summed E-state index contributed by atoms with van der Waals surface area (Å²) in [5.41, 5.74) is 0.129. The molecule has 0 bridgehead atoms. The average Bonchev–Trinajstić information content (AvgIpc) is 2.53. The van der Waals surface area contributed by atoms with E-state index in [0.717, 1.165) is 0 Å². The summed E-state index contributed by atoms with van der Waals surface area (Å²) in [6, 6.07) is 4.74. The highest BCUT2D eigenvalue weighted by molar-refractivity contribution is 7.89. The highest BCUT2D eigenvalue weighted by Crippen LogP contribution is 2.11. The van der Waals surface area contributed by atoms with Crippen molar-refractivity contribution in [2.24, 2.45) is 0 Å². The Kier molecular flexibility index (Phi) is 6.75. The van der Waals surface area contributed by atoms with E-state index >= 15 is 0 Å². The summed E-state index contributed by atoms with van der Waals surface area (Å²) >= 11 is 0. The molecule has 3 N–H and O–H groups in total. The summed E-state index contributed by atoms with van der Waals surface area (Å²) in [5.74, 6) is 1.30. The van der Waals surface area contributed by atoms with Gasteiger partial charge in [-0.25, -0.2) is 8.42 Å². The van der Waals surface area contributed by atoms with E-state index in [4.69, 9.17) is 6.42 Å². The Balaban J connectivity index is 2.90. The molecule has 1 rings (SSSR count). The molecule has 7 nitrogen and oxygen atoms in total. The first-order chi connectivity index (χ1) is 10.8. The molecule has 0 radical (unpaired) electrons. The van der Waals surface area contributed by atoms with E-state index in [-0.39, 0.29) is 22.9 Å². The molecule has 1 atom stereocenters. The number of terminal acetylenes is 1. The number of carbonyl (C=O) groups is 2. The number of nitrogens with one attached hydrogen (secondary N) is 3. The van der Waals surface area contributed by atoms with Crippen molar-refractivity contribution in [2.45, 2.75) is 24.8 Å². The maximum atomic E-state index is 12.1. The van der Waals surface area contributed by atoms with E-state index in [1.54, 1.807) is 6.92 Å². The van der Waals surface area contributed by atoms with Crippen LogP contribution in [0.4, 0.5) is 0 Å². The van der Waals surface area contributed by atoms with Crippen LogP contribution in [0.3, 0.4) is 0 Å². The molecule has 0 aromatic heterocycles. The standard InChI is InChI=1S/C15H19N3O4S/c1-4-9-17-23(21,22)13-8-6-7-12(10-13)15(20)18-11(3)14(19)16-5-2/h1,6-8,10-11,17H,5,9H2,2-3H3,(H,16,19)(H,18,20)/t11-/m0/s1. The van der Waals surface area contributed by atoms with E-state index in [1.807, 2.05) is 0 Å². The Morgan fingerprint density at radius 3 is 2.65 bits per heavy atom. The van der Waals surface area contributed by atoms with Crippen LogP contribution in [0.25, 0.3) is 0 Å². The molecule has 0 spiro atoms. The molecule has 0 aliphatic carbocycles. The van der Waals surface area contributed by atoms with Gasteiger partial charge in [0.15, 0.2) is 0 Å². The van der Waals surface area contributed by atoms with Crippen LogP contribution in [0.5, 0.6) is 0 Å². The fraction of sp³-hybridized carbons (Fsp3) is 0.333. The highest BCUT2D eigenvalue weighted by atomic mass is 32.2. The van der Waals surface area contributed by atoms with Gasteiger partial charge in [-0.15, -0.1) is 6.42 Å². The van der Waals surface area contributed by atoms with E-state index in [1.165, 1.54) is 31.2 Å². The maximum Gasteiger partial charge on any atom is 0.251 e. The Hall–Kier alpha value is -2.37. The lowest BCUT2D eigenvalue weighted by Gasteiger charge is -2.13. The van der Waals surface area contributed by atoms with Crippen molar-refractivity contribution in [3.05, 3.63) is 29.8 Å². The van der Waals surface area contributed by atoms with E-state index in [2.05, 4.69) is 21.3 Å². The summed E-state index contributed by atoms with van der Waals surface area (Å²) in [5, 5.41) is 5.09. The van der Waals surface area contributed by atoms with Crippen molar-refractivity contribution >= 4 is 21.8 Å². The number of rotatable bonds is 7. The normalized spacial score (nSPS) is 12.0. The Labute approximate surface area is 135 Å². The minimum absolute atomic E-state index is 0.0777. The van der Waals surface area contributed by atoms with Gasteiger partial charge in [0.1, 0.15) is 6.04 Å². The lowest BCUT2D eigenvalue weighted by atomic mass is 10.2. The zero-order valence-electron chi connectivity index (χ0n) is 12.9. The van der Waals surface area contributed by atoms with Crippen LogP contribution >= 0.6 is 0 Å². The minimum Gasteiger partial charge on any atom is -0.355 e.